The Hall–Kier alpha value is -2.67. The van der Waals surface area contributed by atoms with Crippen molar-refractivity contribution < 1.29 is 0 Å². The largest absolute Gasteiger partial charge is 0.248 e. The number of hydrogen-bond acceptors (Lipinski definition) is 1. The van der Waals surface area contributed by atoms with Gasteiger partial charge in [0.15, 0.2) is 0 Å². The summed E-state index contributed by atoms with van der Waals surface area (Å²) in [7, 11) is 0. The predicted molar refractivity (Wildman–Crippen MR) is 94.1 cm³/mol. The minimum atomic E-state index is 1.04. The van der Waals surface area contributed by atoms with E-state index in [1.165, 1.54) is 27.5 Å². The zero-order valence-electron chi connectivity index (χ0n) is 12.6. The van der Waals surface area contributed by atoms with Crippen molar-refractivity contribution in [3.8, 4) is 11.1 Å². The van der Waals surface area contributed by atoms with Crippen molar-refractivity contribution in [1.82, 2.24) is 4.98 Å². The Balaban J connectivity index is 2.20. The van der Waals surface area contributed by atoms with Crippen LogP contribution < -0.4 is 0 Å². The number of aryl methyl sites for hydroxylation is 1. The van der Waals surface area contributed by atoms with E-state index < -0.39 is 0 Å². The SMILES string of the molecule is CCc1ccc2nc3ccccc3c(-c3ccccc3)c2c1. The quantitative estimate of drug-likeness (QED) is 0.435. The molecule has 0 saturated heterocycles. The first-order valence-corrected chi connectivity index (χ1v) is 7.73. The summed E-state index contributed by atoms with van der Waals surface area (Å²) in [4.78, 5) is 4.84. The fourth-order valence-electron chi connectivity index (χ4n) is 3.07. The molecular weight excluding hydrogens is 266 g/mol. The molecule has 0 saturated carbocycles. The zero-order valence-corrected chi connectivity index (χ0v) is 12.6. The topological polar surface area (TPSA) is 12.9 Å². The van der Waals surface area contributed by atoms with E-state index in [9.17, 15) is 0 Å². The molecule has 1 aromatic heterocycles. The van der Waals surface area contributed by atoms with Crippen molar-refractivity contribution in [3.05, 3.63) is 78.4 Å². The van der Waals surface area contributed by atoms with E-state index in [2.05, 4.69) is 79.7 Å². The van der Waals surface area contributed by atoms with Crippen LogP contribution in [0, 0.1) is 0 Å². The second-order valence-electron chi connectivity index (χ2n) is 5.58. The van der Waals surface area contributed by atoms with Gasteiger partial charge in [-0.05, 0) is 35.7 Å². The van der Waals surface area contributed by atoms with E-state index in [0.717, 1.165) is 17.5 Å². The molecule has 0 bridgehead atoms. The Labute approximate surface area is 130 Å². The van der Waals surface area contributed by atoms with Gasteiger partial charge in [-0.1, -0.05) is 61.5 Å². The third-order valence-electron chi connectivity index (χ3n) is 4.22. The molecule has 1 heterocycles. The van der Waals surface area contributed by atoms with Gasteiger partial charge in [0.2, 0.25) is 0 Å². The van der Waals surface area contributed by atoms with Crippen LogP contribution in [0.15, 0.2) is 72.8 Å². The predicted octanol–water partition coefficient (Wildman–Crippen LogP) is 5.62. The maximum atomic E-state index is 4.84. The fraction of sp³-hybridized carbons (Fsp3) is 0.0952. The number of fused-ring (bicyclic) bond motifs is 2. The van der Waals surface area contributed by atoms with Gasteiger partial charge in [0.05, 0.1) is 11.0 Å². The highest BCUT2D eigenvalue weighted by molar-refractivity contribution is 6.09. The van der Waals surface area contributed by atoms with Gasteiger partial charge in [0.1, 0.15) is 0 Å². The lowest BCUT2D eigenvalue weighted by atomic mass is 9.95. The summed E-state index contributed by atoms with van der Waals surface area (Å²) in [6, 6.07) is 25.6. The van der Waals surface area contributed by atoms with E-state index in [-0.39, 0.29) is 0 Å². The van der Waals surface area contributed by atoms with E-state index in [4.69, 9.17) is 4.98 Å². The smallest absolute Gasteiger partial charge is 0.0716 e. The molecule has 0 fully saturated rings. The lowest BCUT2D eigenvalue weighted by Crippen LogP contribution is -1.90. The van der Waals surface area contributed by atoms with Crippen LogP contribution in [0.4, 0.5) is 0 Å². The minimum absolute atomic E-state index is 1.04. The van der Waals surface area contributed by atoms with Gasteiger partial charge in [0, 0.05) is 16.3 Å². The van der Waals surface area contributed by atoms with E-state index in [0.29, 0.717) is 0 Å². The molecule has 0 N–H and O–H groups in total. The summed E-state index contributed by atoms with van der Waals surface area (Å²) < 4.78 is 0. The standard InChI is InChI=1S/C21H17N/c1-2-15-12-13-20-18(14-15)21(16-8-4-3-5-9-16)17-10-6-7-11-19(17)22-20/h3-14H,2H2,1H3. The Kier molecular flexibility index (Phi) is 3.12. The number of hydrogen-bond donors (Lipinski definition) is 0. The molecule has 3 aromatic carbocycles. The Morgan fingerprint density at radius 3 is 2.27 bits per heavy atom. The number of aromatic nitrogens is 1. The average molecular weight is 283 g/mol. The van der Waals surface area contributed by atoms with Crippen molar-refractivity contribution in [2.24, 2.45) is 0 Å². The Morgan fingerprint density at radius 1 is 0.727 bits per heavy atom. The van der Waals surface area contributed by atoms with Crippen LogP contribution in [-0.4, -0.2) is 4.98 Å². The highest BCUT2D eigenvalue weighted by Crippen LogP contribution is 2.35. The fourth-order valence-corrected chi connectivity index (χ4v) is 3.07. The maximum absolute atomic E-state index is 4.84. The highest BCUT2D eigenvalue weighted by atomic mass is 14.7. The third-order valence-corrected chi connectivity index (χ3v) is 4.22. The van der Waals surface area contributed by atoms with Gasteiger partial charge in [-0.3, -0.25) is 0 Å². The summed E-state index contributed by atoms with van der Waals surface area (Å²) in [5.74, 6) is 0. The van der Waals surface area contributed by atoms with Crippen molar-refractivity contribution >= 4 is 21.8 Å². The number of pyridine rings is 1. The lowest BCUT2D eigenvalue weighted by Gasteiger charge is -2.12. The molecule has 106 valence electrons. The molecule has 0 atom stereocenters. The number of rotatable bonds is 2. The monoisotopic (exact) mass is 283 g/mol. The van der Waals surface area contributed by atoms with Gasteiger partial charge >= 0.3 is 0 Å². The number of para-hydroxylation sites is 1. The first kappa shape index (κ1) is 13.0. The molecule has 0 unspecified atom stereocenters. The molecule has 0 aliphatic heterocycles. The Bertz CT molecular complexity index is 955. The molecule has 0 aliphatic carbocycles. The molecule has 1 nitrogen and oxygen atoms in total. The summed E-state index contributed by atoms with van der Waals surface area (Å²) in [6.45, 7) is 2.19. The molecule has 1 heteroatoms. The van der Waals surface area contributed by atoms with Crippen molar-refractivity contribution in [2.45, 2.75) is 13.3 Å². The minimum Gasteiger partial charge on any atom is -0.248 e. The van der Waals surface area contributed by atoms with Crippen LogP contribution in [0.3, 0.4) is 0 Å². The summed E-state index contributed by atoms with van der Waals surface area (Å²) in [6.07, 6.45) is 1.04. The van der Waals surface area contributed by atoms with Crippen molar-refractivity contribution in [1.29, 1.82) is 0 Å². The Morgan fingerprint density at radius 2 is 1.45 bits per heavy atom. The normalized spacial score (nSPS) is 11.1. The van der Waals surface area contributed by atoms with Gasteiger partial charge in [0.25, 0.3) is 0 Å². The molecule has 0 amide bonds. The molecule has 22 heavy (non-hydrogen) atoms. The maximum Gasteiger partial charge on any atom is 0.0716 e. The van der Waals surface area contributed by atoms with E-state index in [1.54, 1.807) is 0 Å². The van der Waals surface area contributed by atoms with Gasteiger partial charge in [-0.25, -0.2) is 4.98 Å². The lowest BCUT2D eigenvalue weighted by molar-refractivity contribution is 1.15. The number of benzene rings is 3. The van der Waals surface area contributed by atoms with Gasteiger partial charge < -0.3 is 0 Å². The average Bonchev–Trinajstić information content (AvgIpc) is 2.60. The molecule has 0 aliphatic rings. The van der Waals surface area contributed by atoms with Crippen LogP contribution in [0.5, 0.6) is 0 Å². The second-order valence-corrected chi connectivity index (χ2v) is 5.58. The summed E-state index contributed by atoms with van der Waals surface area (Å²) in [5.41, 5.74) is 6.01. The molecule has 0 radical (unpaired) electrons. The van der Waals surface area contributed by atoms with Crippen LogP contribution in [-0.2, 0) is 6.42 Å². The number of nitrogens with zero attached hydrogens (tertiary/aromatic N) is 1. The second kappa shape index (κ2) is 5.27. The van der Waals surface area contributed by atoms with Gasteiger partial charge in [-0.2, -0.15) is 0 Å². The van der Waals surface area contributed by atoms with Crippen LogP contribution in [0.25, 0.3) is 32.9 Å². The van der Waals surface area contributed by atoms with Crippen LogP contribution in [0.2, 0.25) is 0 Å². The van der Waals surface area contributed by atoms with Crippen LogP contribution >= 0.6 is 0 Å². The van der Waals surface area contributed by atoms with Gasteiger partial charge in [-0.15, -0.1) is 0 Å². The summed E-state index contributed by atoms with van der Waals surface area (Å²) in [5, 5.41) is 2.46. The van der Waals surface area contributed by atoms with E-state index in [1.807, 2.05) is 0 Å². The zero-order chi connectivity index (χ0) is 14.9. The molecule has 4 rings (SSSR count). The first-order chi connectivity index (χ1) is 10.9. The third kappa shape index (κ3) is 2.06. The van der Waals surface area contributed by atoms with Crippen molar-refractivity contribution in [2.75, 3.05) is 0 Å². The summed E-state index contributed by atoms with van der Waals surface area (Å²) >= 11 is 0. The molecule has 4 aromatic rings. The van der Waals surface area contributed by atoms with Crippen LogP contribution in [0.1, 0.15) is 12.5 Å². The van der Waals surface area contributed by atoms with Crippen molar-refractivity contribution in [3.63, 3.8) is 0 Å². The molecule has 0 spiro atoms. The highest BCUT2D eigenvalue weighted by Gasteiger charge is 2.11. The van der Waals surface area contributed by atoms with E-state index >= 15 is 0 Å². The molecular formula is C21H17N. The first-order valence-electron chi connectivity index (χ1n) is 7.73.